The van der Waals surface area contributed by atoms with E-state index in [-0.39, 0.29) is 29.7 Å². The summed E-state index contributed by atoms with van der Waals surface area (Å²) < 4.78 is 1.79. The van der Waals surface area contributed by atoms with Crippen LogP contribution < -0.4 is 5.32 Å². The van der Waals surface area contributed by atoms with Crippen LogP contribution in [-0.2, 0) is 9.59 Å². The summed E-state index contributed by atoms with van der Waals surface area (Å²) in [6.07, 6.45) is 4.24. The van der Waals surface area contributed by atoms with Crippen LogP contribution in [0, 0.1) is 5.92 Å². The molecule has 1 aliphatic rings. The maximum absolute atomic E-state index is 12.2. The fraction of sp³-hybridized carbons (Fsp3) is 0.353. The smallest absolute Gasteiger partial charge is 0.224 e. The van der Waals surface area contributed by atoms with Crippen molar-refractivity contribution >= 4 is 23.3 Å². The number of hydrogen-bond acceptors (Lipinski definition) is 3. The molecule has 0 spiro atoms. The maximum atomic E-state index is 12.2. The number of nitrogens with one attached hydrogen (secondary N) is 1. The highest BCUT2D eigenvalue weighted by atomic mass is 35.5. The Labute approximate surface area is 139 Å². The number of aromatic nitrogens is 2. The van der Waals surface area contributed by atoms with Crippen LogP contribution in [0.25, 0.3) is 0 Å². The summed E-state index contributed by atoms with van der Waals surface area (Å²) in [5.41, 5.74) is 0.898. The summed E-state index contributed by atoms with van der Waals surface area (Å²) in [6.45, 7) is 1.92. The Morgan fingerprint density at radius 1 is 1.35 bits per heavy atom. The van der Waals surface area contributed by atoms with E-state index in [0.29, 0.717) is 17.9 Å². The van der Waals surface area contributed by atoms with Crippen LogP contribution in [0.3, 0.4) is 0 Å². The van der Waals surface area contributed by atoms with Crippen molar-refractivity contribution in [3.8, 4) is 0 Å². The van der Waals surface area contributed by atoms with Crippen molar-refractivity contribution in [1.82, 2.24) is 15.1 Å². The molecule has 1 aromatic carbocycles. The van der Waals surface area contributed by atoms with Gasteiger partial charge in [-0.3, -0.25) is 14.3 Å². The van der Waals surface area contributed by atoms with Crippen LogP contribution in [-0.4, -0.2) is 27.5 Å². The minimum Gasteiger partial charge on any atom is -0.351 e. The van der Waals surface area contributed by atoms with Crippen LogP contribution >= 0.6 is 11.6 Å². The predicted molar refractivity (Wildman–Crippen MR) is 87.2 cm³/mol. The number of nitrogens with zero attached hydrogens (tertiary/aromatic N) is 2. The maximum Gasteiger partial charge on any atom is 0.224 e. The molecule has 1 aromatic heterocycles. The molecule has 0 radical (unpaired) electrons. The van der Waals surface area contributed by atoms with Crippen molar-refractivity contribution in [3.63, 3.8) is 0 Å². The fourth-order valence-electron chi connectivity index (χ4n) is 2.90. The van der Waals surface area contributed by atoms with Gasteiger partial charge in [0.15, 0.2) is 0 Å². The number of hydrogen-bond donors (Lipinski definition) is 1. The van der Waals surface area contributed by atoms with E-state index in [4.69, 9.17) is 11.6 Å². The zero-order valence-electron chi connectivity index (χ0n) is 12.8. The summed E-state index contributed by atoms with van der Waals surface area (Å²) >= 11 is 6.34. The number of rotatable bonds is 5. The summed E-state index contributed by atoms with van der Waals surface area (Å²) in [7, 11) is 0. The Bertz CT molecular complexity index is 706. The first-order valence-corrected chi connectivity index (χ1v) is 7.99. The Balaban J connectivity index is 1.82. The van der Waals surface area contributed by atoms with Crippen LogP contribution in [0.15, 0.2) is 42.7 Å². The molecule has 1 N–H and O–H groups in total. The van der Waals surface area contributed by atoms with E-state index in [1.54, 1.807) is 10.9 Å². The lowest BCUT2D eigenvalue weighted by atomic mass is 9.83. The van der Waals surface area contributed by atoms with Crippen LogP contribution in [0.4, 0.5) is 0 Å². The van der Waals surface area contributed by atoms with Gasteiger partial charge in [0, 0.05) is 30.3 Å². The monoisotopic (exact) mass is 331 g/mol. The standard InChI is InChI=1S/C17H18ClN3O2/c1-11(20-17(23)12-9-13(22)10-12)16(21-8-4-7-19-21)14-5-2-3-6-15(14)18/h2-8,11-12,16H,9-10H2,1H3,(H,20,23). The molecule has 2 aromatic rings. The molecular formula is C17H18ClN3O2. The van der Waals surface area contributed by atoms with Gasteiger partial charge in [0.25, 0.3) is 0 Å². The second kappa shape index (κ2) is 6.54. The first-order chi connectivity index (χ1) is 11.1. The van der Waals surface area contributed by atoms with E-state index in [1.807, 2.05) is 43.5 Å². The minimum atomic E-state index is -0.210. The Kier molecular flexibility index (Phi) is 4.48. The quantitative estimate of drug-likeness (QED) is 0.916. The molecule has 6 heteroatoms. The van der Waals surface area contributed by atoms with E-state index in [2.05, 4.69) is 10.4 Å². The average molecular weight is 332 g/mol. The van der Waals surface area contributed by atoms with Crippen molar-refractivity contribution in [1.29, 1.82) is 0 Å². The largest absolute Gasteiger partial charge is 0.351 e. The van der Waals surface area contributed by atoms with E-state index >= 15 is 0 Å². The predicted octanol–water partition coefficient (Wildman–Crippen LogP) is 2.61. The molecule has 0 aliphatic heterocycles. The number of Topliss-reactive ketones (excluding diaryl/α,β-unsaturated/α-hetero) is 1. The van der Waals surface area contributed by atoms with Gasteiger partial charge in [-0.2, -0.15) is 5.10 Å². The van der Waals surface area contributed by atoms with E-state index in [1.165, 1.54) is 0 Å². The highest BCUT2D eigenvalue weighted by Gasteiger charge is 2.34. The van der Waals surface area contributed by atoms with E-state index < -0.39 is 0 Å². The normalized spacial score (nSPS) is 17.4. The summed E-state index contributed by atoms with van der Waals surface area (Å²) in [4.78, 5) is 23.3. The number of carbonyl (C=O) groups excluding carboxylic acids is 2. The zero-order valence-corrected chi connectivity index (χ0v) is 13.5. The van der Waals surface area contributed by atoms with Gasteiger partial charge < -0.3 is 5.32 Å². The van der Waals surface area contributed by atoms with Crippen LogP contribution in [0.5, 0.6) is 0 Å². The molecule has 1 amide bonds. The molecule has 1 fully saturated rings. The highest BCUT2D eigenvalue weighted by molar-refractivity contribution is 6.31. The minimum absolute atomic E-state index is 0.0821. The third kappa shape index (κ3) is 3.29. The first kappa shape index (κ1) is 15.7. The van der Waals surface area contributed by atoms with Crippen molar-refractivity contribution in [2.75, 3.05) is 0 Å². The van der Waals surface area contributed by atoms with E-state index in [9.17, 15) is 9.59 Å². The molecule has 1 aliphatic carbocycles. The number of ketones is 1. The lowest BCUT2D eigenvalue weighted by Gasteiger charge is -2.30. The molecule has 1 heterocycles. The Hall–Kier alpha value is -2.14. The molecule has 2 unspecified atom stereocenters. The van der Waals surface area contributed by atoms with Gasteiger partial charge >= 0.3 is 0 Å². The van der Waals surface area contributed by atoms with Crippen molar-refractivity contribution < 1.29 is 9.59 Å². The molecule has 0 saturated heterocycles. The number of benzene rings is 1. The van der Waals surface area contributed by atoms with Crippen LogP contribution in [0.1, 0.15) is 31.4 Å². The van der Waals surface area contributed by atoms with Gasteiger partial charge in [-0.25, -0.2) is 0 Å². The molecule has 1 saturated carbocycles. The second-order valence-corrected chi connectivity index (χ2v) is 6.30. The second-order valence-electron chi connectivity index (χ2n) is 5.89. The third-order valence-corrected chi connectivity index (χ3v) is 4.54. The van der Waals surface area contributed by atoms with Crippen molar-refractivity contribution in [2.45, 2.75) is 31.8 Å². The van der Waals surface area contributed by atoms with Gasteiger partial charge in [0.1, 0.15) is 5.78 Å². The summed E-state index contributed by atoms with van der Waals surface area (Å²) in [5, 5.41) is 7.94. The number of amides is 1. The number of halogens is 1. The lowest BCUT2D eigenvalue weighted by Crippen LogP contribution is -2.46. The number of carbonyl (C=O) groups is 2. The average Bonchev–Trinajstić information content (AvgIpc) is 3.00. The van der Waals surface area contributed by atoms with Gasteiger partial charge in [-0.05, 0) is 24.6 Å². The first-order valence-electron chi connectivity index (χ1n) is 7.62. The molecule has 23 heavy (non-hydrogen) atoms. The van der Waals surface area contributed by atoms with E-state index in [0.717, 1.165) is 5.56 Å². The Morgan fingerprint density at radius 3 is 2.70 bits per heavy atom. The van der Waals surface area contributed by atoms with Gasteiger partial charge in [0.05, 0.1) is 18.0 Å². The molecule has 2 atom stereocenters. The molecule has 5 nitrogen and oxygen atoms in total. The zero-order chi connectivity index (χ0) is 16.4. The molecule has 3 rings (SSSR count). The topological polar surface area (TPSA) is 64.0 Å². The van der Waals surface area contributed by atoms with Crippen molar-refractivity contribution in [2.24, 2.45) is 5.92 Å². The van der Waals surface area contributed by atoms with Gasteiger partial charge in [-0.1, -0.05) is 29.8 Å². The highest BCUT2D eigenvalue weighted by Crippen LogP contribution is 2.29. The molecule has 0 bridgehead atoms. The summed E-state index contributed by atoms with van der Waals surface area (Å²) in [5.74, 6) is -0.136. The third-order valence-electron chi connectivity index (χ3n) is 4.20. The molecular weight excluding hydrogens is 314 g/mol. The van der Waals surface area contributed by atoms with Gasteiger partial charge in [-0.15, -0.1) is 0 Å². The Morgan fingerprint density at radius 2 is 2.09 bits per heavy atom. The molecule has 120 valence electrons. The SMILES string of the molecule is CC(NC(=O)C1CC(=O)C1)C(c1ccccc1Cl)n1cccn1. The fourth-order valence-corrected chi connectivity index (χ4v) is 3.15. The van der Waals surface area contributed by atoms with Crippen molar-refractivity contribution in [3.05, 3.63) is 53.3 Å². The lowest BCUT2D eigenvalue weighted by molar-refractivity contribution is -0.138. The van der Waals surface area contributed by atoms with Gasteiger partial charge in [0.2, 0.25) is 5.91 Å². The van der Waals surface area contributed by atoms with Crippen LogP contribution in [0.2, 0.25) is 5.02 Å². The summed E-state index contributed by atoms with van der Waals surface area (Å²) in [6, 6.07) is 8.96.